The first-order chi connectivity index (χ1) is 15.6. The van der Waals surface area contributed by atoms with E-state index in [-0.39, 0.29) is 17.4 Å². The second-order valence-electron chi connectivity index (χ2n) is 9.16. The third kappa shape index (κ3) is 3.68. The van der Waals surface area contributed by atoms with Gasteiger partial charge in [-0.2, -0.15) is 0 Å². The molecule has 2 aromatic carbocycles. The topological polar surface area (TPSA) is 67.2 Å². The Morgan fingerprint density at radius 1 is 1.06 bits per heavy atom. The SMILES string of the molecule is Cc1nc2ccccc2n1CCNC(=O)CC1(N2Cc3ccccc3C2=O)CCCCC1. The molecule has 1 aromatic heterocycles. The number of benzene rings is 2. The molecule has 5 rings (SSSR count). The molecule has 32 heavy (non-hydrogen) atoms. The van der Waals surface area contributed by atoms with Crippen LogP contribution in [0.3, 0.4) is 0 Å². The third-order valence-electron chi connectivity index (χ3n) is 7.17. The molecule has 6 heteroatoms. The predicted molar refractivity (Wildman–Crippen MR) is 124 cm³/mol. The molecule has 1 N–H and O–H groups in total. The highest BCUT2D eigenvalue weighted by Crippen LogP contribution is 2.41. The molecule has 6 nitrogen and oxygen atoms in total. The molecule has 0 atom stereocenters. The smallest absolute Gasteiger partial charge is 0.254 e. The number of imidazole rings is 1. The van der Waals surface area contributed by atoms with Crippen LogP contribution >= 0.6 is 0 Å². The number of aryl methyl sites for hydroxylation is 1. The van der Waals surface area contributed by atoms with Gasteiger partial charge in [0.2, 0.25) is 5.91 Å². The van der Waals surface area contributed by atoms with E-state index in [1.54, 1.807) is 0 Å². The van der Waals surface area contributed by atoms with Crippen molar-refractivity contribution in [2.24, 2.45) is 0 Å². The van der Waals surface area contributed by atoms with E-state index in [1.165, 1.54) is 6.42 Å². The Labute approximate surface area is 188 Å². The van der Waals surface area contributed by atoms with E-state index in [4.69, 9.17) is 0 Å². The van der Waals surface area contributed by atoms with Crippen LogP contribution in [0, 0.1) is 6.92 Å². The molecule has 0 saturated heterocycles. The fourth-order valence-corrected chi connectivity index (χ4v) is 5.54. The number of hydrogen-bond donors (Lipinski definition) is 1. The maximum Gasteiger partial charge on any atom is 0.254 e. The summed E-state index contributed by atoms with van der Waals surface area (Å²) in [5.41, 5.74) is 3.55. The number of hydrogen-bond acceptors (Lipinski definition) is 3. The summed E-state index contributed by atoms with van der Waals surface area (Å²) < 4.78 is 2.15. The Balaban J connectivity index is 1.27. The van der Waals surface area contributed by atoms with Gasteiger partial charge in [-0.25, -0.2) is 4.98 Å². The van der Waals surface area contributed by atoms with Crippen molar-refractivity contribution in [2.75, 3.05) is 6.54 Å². The van der Waals surface area contributed by atoms with Crippen molar-refractivity contribution in [3.05, 3.63) is 65.5 Å². The Kier molecular flexibility index (Phi) is 5.45. The van der Waals surface area contributed by atoms with Crippen molar-refractivity contribution in [1.82, 2.24) is 19.8 Å². The van der Waals surface area contributed by atoms with E-state index in [0.29, 0.717) is 26.1 Å². The number of para-hydroxylation sites is 2. The van der Waals surface area contributed by atoms with Crippen LogP contribution in [0.1, 0.15) is 60.3 Å². The minimum absolute atomic E-state index is 0.0257. The number of nitrogens with one attached hydrogen (secondary N) is 1. The lowest BCUT2D eigenvalue weighted by Gasteiger charge is -2.44. The summed E-state index contributed by atoms with van der Waals surface area (Å²) in [5.74, 6) is 1.05. The average Bonchev–Trinajstić information content (AvgIpc) is 3.31. The Morgan fingerprint density at radius 3 is 2.62 bits per heavy atom. The van der Waals surface area contributed by atoms with Gasteiger partial charge in [-0.15, -0.1) is 0 Å². The number of carbonyl (C=O) groups excluding carboxylic acids is 2. The first-order valence-corrected chi connectivity index (χ1v) is 11.7. The quantitative estimate of drug-likeness (QED) is 0.637. The maximum atomic E-state index is 13.2. The van der Waals surface area contributed by atoms with Gasteiger partial charge < -0.3 is 14.8 Å². The van der Waals surface area contributed by atoms with Gasteiger partial charge in [0.25, 0.3) is 5.91 Å². The van der Waals surface area contributed by atoms with Gasteiger partial charge in [0.05, 0.1) is 16.6 Å². The zero-order valence-corrected chi connectivity index (χ0v) is 18.6. The zero-order valence-electron chi connectivity index (χ0n) is 18.6. The van der Waals surface area contributed by atoms with Gasteiger partial charge in [-0.3, -0.25) is 9.59 Å². The normalized spacial score (nSPS) is 17.5. The summed E-state index contributed by atoms with van der Waals surface area (Å²) in [7, 11) is 0. The first-order valence-electron chi connectivity index (χ1n) is 11.7. The highest BCUT2D eigenvalue weighted by Gasteiger charge is 2.45. The fraction of sp³-hybridized carbons (Fsp3) is 0.423. The van der Waals surface area contributed by atoms with Crippen molar-refractivity contribution in [3.8, 4) is 0 Å². The van der Waals surface area contributed by atoms with Crippen LogP contribution in [0.5, 0.6) is 0 Å². The van der Waals surface area contributed by atoms with Gasteiger partial charge >= 0.3 is 0 Å². The molecule has 0 bridgehead atoms. The summed E-state index contributed by atoms with van der Waals surface area (Å²) in [5, 5.41) is 3.12. The highest BCUT2D eigenvalue weighted by atomic mass is 16.2. The molecule has 0 unspecified atom stereocenters. The van der Waals surface area contributed by atoms with Gasteiger partial charge in [-0.1, -0.05) is 49.6 Å². The van der Waals surface area contributed by atoms with Crippen LogP contribution < -0.4 is 5.32 Å². The van der Waals surface area contributed by atoms with E-state index < -0.39 is 0 Å². The van der Waals surface area contributed by atoms with Crippen LogP contribution in [-0.2, 0) is 17.9 Å². The maximum absolute atomic E-state index is 13.2. The van der Waals surface area contributed by atoms with Gasteiger partial charge in [0, 0.05) is 31.6 Å². The summed E-state index contributed by atoms with van der Waals surface area (Å²) in [6, 6.07) is 15.9. The molecular formula is C26H30N4O2. The number of rotatable bonds is 6. The van der Waals surface area contributed by atoms with E-state index in [1.807, 2.05) is 54.3 Å². The first kappa shape index (κ1) is 20.7. The molecule has 2 aliphatic rings. The van der Waals surface area contributed by atoms with Crippen LogP contribution in [0.2, 0.25) is 0 Å². The molecule has 2 amide bonds. The summed E-state index contributed by atoms with van der Waals surface area (Å²) in [6.07, 6.45) is 5.46. The largest absolute Gasteiger partial charge is 0.354 e. The zero-order chi connectivity index (χ0) is 22.1. The molecule has 166 valence electrons. The lowest BCUT2D eigenvalue weighted by molar-refractivity contribution is -0.124. The highest BCUT2D eigenvalue weighted by molar-refractivity contribution is 5.99. The number of amides is 2. The Morgan fingerprint density at radius 2 is 1.81 bits per heavy atom. The van der Waals surface area contributed by atoms with E-state index in [9.17, 15) is 9.59 Å². The number of fused-ring (bicyclic) bond motifs is 2. The standard InChI is InChI=1S/C26H30N4O2/c1-19-28-22-11-5-6-12-23(22)29(19)16-15-27-24(31)17-26(13-7-2-8-14-26)30-18-20-9-3-4-10-21(20)25(30)32/h3-6,9-12H,2,7-8,13-18H2,1H3,(H,27,31). The van der Waals surface area contributed by atoms with Crippen molar-refractivity contribution in [1.29, 1.82) is 0 Å². The van der Waals surface area contributed by atoms with E-state index in [0.717, 1.165) is 53.7 Å². The molecule has 1 aliphatic heterocycles. The molecular weight excluding hydrogens is 400 g/mol. The lowest BCUT2D eigenvalue weighted by atomic mass is 9.77. The minimum Gasteiger partial charge on any atom is -0.354 e. The van der Waals surface area contributed by atoms with Gasteiger partial charge in [0.1, 0.15) is 5.82 Å². The molecule has 1 aliphatic carbocycles. The summed E-state index contributed by atoms with van der Waals surface area (Å²) in [4.78, 5) is 32.8. The van der Waals surface area contributed by atoms with Crippen molar-refractivity contribution in [2.45, 2.75) is 64.1 Å². The monoisotopic (exact) mass is 430 g/mol. The van der Waals surface area contributed by atoms with Crippen LogP contribution in [-0.4, -0.2) is 38.3 Å². The molecule has 1 saturated carbocycles. The van der Waals surface area contributed by atoms with Crippen molar-refractivity contribution in [3.63, 3.8) is 0 Å². The van der Waals surface area contributed by atoms with Gasteiger partial charge in [0.15, 0.2) is 0 Å². The Hall–Kier alpha value is -3.15. The number of nitrogens with zero attached hydrogens (tertiary/aromatic N) is 3. The number of aromatic nitrogens is 2. The summed E-state index contributed by atoms with van der Waals surface area (Å²) >= 11 is 0. The van der Waals surface area contributed by atoms with Crippen molar-refractivity contribution < 1.29 is 9.59 Å². The lowest BCUT2D eigenvalue weighted by Crippen LogP contribution is -2.52. The van der Waals surface area contributed by atoms with Crippen LogP contribution in [0.15, 0.2) is 48.5 Å². The summed E-state index contributed by atoms with van der Waals surface area (Å²) in [6.45, 7) is 3.83. The van der Waals surface area contributed by atoms with Crippen LogP contribution in [0.25, 0.3) is 11.0 Å². The van der Waals surface area contributed by atoms with E-state index in [2.05, 4.69) is 20.9 Å². The van der Waals surface area contributed by atoms with Gasteiger partial charge in [-0.05, 0) is 43.5 Å². The third-order valence-corrected chi connectivity index (χ3v) is 7.17. The molecule has 2 heterocycles. The molecule has 1 fully saturated rings. The average molecular weight is 431 g/mol. The number of carbonyl (C=O) groups is 2. The Bertz CT molecular complexity index is 1160. The molecule has 0 radical (unpaired) electrons. The minimum atomic E-state index is -0.379. The molecule has 3 aromatic rings. The second kappa shape index (κ2) is 8.41. The van der Waals surface area contributed by atoms with E-state index >= 15 is 0 Å². The predicted octanol–water partition coefficient (Wildman–Crippen LogP) is 4.21. The second-order valence-corrected chi connectivity index (χ2v) is 9.16. The van der Waals surface area contributed by atoms with Crippen molar-refractivity contribution >= 4 is 22.8 Å². The molecule has 0 spiro atoms. The van der Waals surface area contributed by atoms with Crippen LogP contribution in [0.4, 0.5) is 0 Å². The fourth-order valence-electron chi connectivity index (χ4n) is 5.54.